The zero-order valence-corrected chi connectivity index (χ0v) is 24.6. The molecule has 0 radical (unpaired) electrons. The lowest BCUT2D eigenvalue weighted by Crippen LogP contribution is -2.15. The summed E-state index contributed by atoms with van der Waals surface area (Å²) in [5.41, 5.74) is 10.7. The Morgan fingerprint density at radius 2 is 1.37 bits per heavy atom. The van der Waals surface area contributed by atoms with E-state index < -0.39 is 0 Å². The van der Waals surface area contributed by atoms with Crippen LogP contribution in [0.3, 0.4) is 0 Å². The van der Waals surface area contributed by atoms with E-state index >= 15 is 0 Å². The molecule has 0 aliphatic carbocycles. The lowest BCUT2D eigenvalue weighted by molar-refractivity contribution is 0.667. The van der Waals surface area contributed by atoms with Crippen molar-refractivity contribution >= 4 is 60.7 Å². The molecule has 0 N–H and O–H groups in total. The number of hydrogen-bond donors (Lipinski definition) is 0. The van der Waals surface area contributed by atoms with Gasteiger partial charge in [0.1, 0.15) is 16.8 Å². The molecule has 0 amide bonds. The van der Waals surface area contributed by atoms with Crippen molar-refractivity contribution < 1.29 is 4.42 Å². The minimum absolute atomic E-state index is 0.641. The maximum Gasteiger partial charge on any atom is 0.180 e. The van der Waals surface area contributed by atoms with Crippen LogP contribution >= 0.6 is 0 Å². The van der Waals surface area contributed by atoms with Crippen molar-refractivity contribution in [2.45, 2.75) is 0 Å². The molecule has 1 aliphatic rings. The number of furan rings is 1. The number of rotatable bonds is 3. The van der Waals surface area contributed by atoms with Crippen molar-refractivity contribution in [3.63, 3.8) is 0 Å². The Morgan fingerprint density at radius 1 is 0.565 bits per heavy atom. The summed E-state index contributed by atoms with van der Waals surface area (Å²) in [5, 5.41) is 5.94. The van der Waals surface area contributed by atoms with Gasteiger partial charge in [-0.2, -0.15) is 0 Å². The fraction of sp³-hybridized carbons (Fsp3) is 0. The molecular weight excluding hydrogens is 564 g/mol. The topological polar surface area (TPSA) is 55.1 Å². The highest BCUT2D eigenvalue weighted by Crippen LogP contribution is 2.53. The van der Waals surface area contributed by atoms with E-state index in [1.165, 1.54) is 44.0 Å². The molecule has 0 unspecified atom stereocenters. The van der Waals surface area contributed by atoms with Crippen molar-refractivity contribution in [2.75, 3.05) is 4.90 Å². The summed E-state index contributed by atoms with van der Waals surface area (Å²) in [7, 11) is 0. The number of para-hydroxylation sites is 1. The molecule has 214 valence electrons. The first-order valence-corrected chi connectivity index (χ1v) is 15.4. The second-order valence-electron chi connectivity index (χ2n) is 11.7. The van der Waals surface area contributed by atoms with Gasteiger partial charge in [0.25, 0.3) is 0 Å². The summed E-state index contributed by atoms with van der Waals surface area (Å²) in [6.07, 6.45) is 3.58. The van der Waals surface area contributed by atoms with Crippen LogP contribution in [0.4, 0.5) is 17.1 Å². The molecule has 0 saturated carbocycles. The number of pyridine rings is 1. The summed E-state index contributed by atoms with van der Waals surface area (Å²) < 4.78 is 6.29. The predicted octanol–water partition coefficient (Wildman–Crippen LogP) is 10.9. The summed E-state index contributed by atoms with van der Waals surface area (Å²) in [5.74, 6) is 0.641. The largest absolute Gasteiger partial charge is 0.452 e. The van der Waals surface area contributed by atoms with Crippen molar-refractivity contribution in [1.29, 1.82) is 0 Å². The first kappa shape index (κ1) is 25.0. The van der Waals surface area contributed by atoms with Gasteiger partial charge in [0.05, 0.1) is 11.4 Å². The zero-order valence-electron chi connectivity index (χ0n) is 24.6. The summed E-state index contributed by atoms with van der Waals surface area (Å²) in [6, 6.07) is 46.8. The quantitative estimate of drug-likeness (QED) is 0.205. The number of nitrogens with zero attached hydrogens (tertiary/aromatic N) is 4. The minimum Gasteiger partial charge on any atom is -0.452 e. The Labute approximate surface area is 264 Å². The maximum atomic E-state index is 6.29. The number of benzene rings is 6. The van der Waals surface area contributed by atoms with Crippen molar-refractivity contribution in [3.8, 4) is 33.8 Å². The third-order valence-corrected chi connectivity index (χ3v) is 9.08. The van der Waals surface area contributed by atoms with Crippen LogP contribution in [0.15, 0.2) is 150 Å². The molecule has 9 aromatic rings. The van der Waals surface area contributed by atoms with E-state index in [0.29, 0.717) is 11.4 Å². The SMILES string of the molecule is c1cncc(-c2nc(-c3ccc(N4c5ccc6ccccc6c5-c5cccc6cccc4c56)cc3)nc3c2oc2ccccc23)c1. The van der Waals surface area contributed by atoms with E-state index in [2.05, 4.69) is 107 Å². The van der Waals surface area contributed by atoms with Crippen molar-refractivity contribution in [1.82, 2.24) is 15.0 Å². The molecule has 0 saturated heterocycles. The van der Waals surface area contributed by atoms with Gasteiger partial charge >= 0.3 is 0 Å². The molecule has 5 nitrogen and oxygen atoms in total. The van der Waals surface area contributed by atoms with Crippen molar-refractivity contribution in [2.24, 2.45) is 0 Å². The van der Waals surface area contributed by atoms with Crippen molar-refractivity contribution in [3.05, 3.63) is 146 Å². The standard InChI is InChI=1S/C41H24N4O/c1-2-12-30-25(8-1)19-22-34-37(30)32-14-5-9-26-10-6-15-33(36(26)32)45(34)29-20-17-27(18-21-29)41-43-38(28-11-7-23-42-24-28)40-39(44-41)31-13-3-4-16-35(31)46-40/h1-24H. The smallest absolute Gasteiger partial charge is 0.180 e. The van der Waals surface area contributed by atoms with Crippen LogP contribution < -0.4 is 4.90 Å². The first-order valence-electron chi connectivity index (χ1n) is 15.4. The van der Waals surface area contributed by atoms with Gasteiger partial charge in [0, 0.05) is 45.5 Å². The Balaban J connectivity index is 1.17. The van der Waals surface area contributed by atoms with Crippen LogP contribution in [0.2, 0.25) is 0 Å². The zero-order chi connectivity index (χ0) is 30.2. The molecule has 3 aromatic heterocycles. The predicted molar refractivity (Wildman–Crippen MR) is 187 cm³/mol. The molecule has 46 heavy (non-hydrogen) atoms. The third kappa shape index (κ3) is 3.60. The molecule has 4 heterocycles. The Morgan fingerprint density at radius 3 is 2.24 bits per heavy atom. The molecular formula is C41H24N4O. The second kappa shape index (κ2) is 9.58. The van der Waals surface area contributed by atoms with Crippen LogP contribution in [0.1, 0.15) is 0 Å². The highest BCUT2D eigenvalue weighted by Gasteiger charge is 2.27. The number of hydrogen-bond acceptors (Lipinski definition) is 5. The average Bonchev–Trinajstić information content (AvgIpc) is 3.50. The molecule has 6 aromatic carbocycles. The molecule has 0 fully saturated rings. The highest BCUT2D eigenvalue weighted by atomic mass is 16.3. The average molecular weight is 589 g/mol. The monoisotopic (exact) mass is 588 g/mol. The Hall–Kier alpha value is -6.33. The van der Waals surface area contributed by atoms with Crippen LogP contribution in [-0.2, 0) is 0 Å². The van der Waals surface area contributed by atoms with E-state index in [4.69, 9.17) is 14.4 Å². The van der Waals surface area contributed by atoms with Gasteiger partial charge in [-0.05, 0) is 82.4 Å². The van der Waals surface area contributed by atoms with Crippen LogP contribution in [0.5, 0.6) is 0 Å². The molecule has 10 rings (SSSR count). The van der Waals surface area contributed by atoms with E-state index in [1.807, 2.05) is 42.6 Å². The van der Waals surface area contributed by atoms with Gasteiger partial charge < -0.3 is 9.32 Å². The molecule has 0 atom stereocenters. The highest BCUT2D eigenvalue weighted by molar-refractivity contribution is 6.19. The van der Waals surface area contributed by atoms with E-state index in [0.717, 1.165) is 39.0 Å². The number of aromatic nitrogens is 3. The van der Waals surface area contributed by atoms with Gasteiger partial charge in [-0.1, -0.05) is 72.8 Å². The molecule has 0 bridgehead atoms. The lowest BCUT2D eigenvalue weighted by Gasteiger charge is -2.34. The van der Waals surface area contributed by atoms with E-state index in [1.54, 1.807) is 6.20 Å². The van der Waals surface area contributed by atoms with Crippen LogP contribution in [0.25, 0.3) is 77.4 Å². The molecule has 1 aliphatic heterocycles. The fourth-order valence-electron chi connectivity index (χ4n) is 7.03. The number of fused-ring (bicyclic) bond motifs is 7. The van der Waals surface area contributed by atoms with Gasteiger partial charge in [0.15, 0.2) is 11.4 Å². The molecule has 5 heteroatoms. The van der Waals surface area contributed by atoms with Gasteiger partial charge in [-0.25, -0.2) is 9.97 Å². The van der Waals surface area contributed by atoms with Gasteiger partial charge in [0.2, 0.25) is 0 Å². The molecule has 0 spiro atoms. The van der Waals surface area contributed by atoms with E-state index in [-0.39, 0.29) is 0 Å². The van der Waals surface area contributed by atoms with Gasteiger partial charge in [-0.15, -0.1) is 0 Å². The van der Waals surface area contributed by atoms with E-state index in [9.17, 15) is 0 Å². The second-order valence-corrected chi connectivity index (χ2v) is 11.7. The number of anilines is 3. The fourth-order valence-corrected chi connectivity index (χ4v) is 7.03. The van der Waals surface area contributed by atoms with Crippen LogP contribution in [-0.4, -0.2) is 15.0 Å². The van der Waals surface area contributed by atoms with Crippen LogP contribution in [0, 0.1) is 0 Å². The maximum absolute atomic E-state index is 6.29. The first-order chi connectivity index (χ1) is 22.8. The summed E-state index contributed by atoms with van der Waals surface area (Å²) >= 11 is 0. The Kier molecular flexibility index (Phi) is 5.22. The summed E-state index contributed by atoms with van der Waals surface area (Å²) in [6.45, 7) is 0. The lowest BCUT2D eigenvalue weighted by atomic mass is 9.87. The normalized spacial score (nSPS) is 12.3. The van der Waals surface area contributed by atoms with Gasteiger partial charge in [-0.3, -0.25) is 4.98 Å². The summed E-state index contributed by atoms with van der Waals surface area (Å²) in [4.78, 5) is 16.8. The third-order valence-electron chi connectivity index (χ3n) is 9.08. The Bertz CT molecular complexity index is 2640. The minimum atomic E-state index is 0.641.